The minimum absolute atomic E-state index is 0.0316. The topological polar surface area (TPSA) is 132 Å². The first kappa shape index (κ1) is 20.4. The van der Waals surface area contributed by atoms with Crippen molar-refractivity contribution in [3.05, 3.63) is 57.6 Å². The van der Waals surface area contributed by atoms with Crippen LogP contribution in [-0.2, 0) is 4.79 Å². The van der Waals surface area contributed by atoms with Crippen LogP contribution in [0, 0.1) is 10.1 Å². The fourth-order valence-electron chi connectivity index (χ4n) is 3.28. The van der Waals surface area contributed by atoms with E-state index in [-0.39, 0.29) is 24.1 Å². The van der Waals surface area contributed by atoms with Crippen molar-refractivity contribution in [1.82, 2.24) is 9.88 Å². The number of carbonyl (C=O) groups excluding carboxylic acids is 3. The van der Waals surface area contributed by atoms with Gasteiger partial charge in [0.15, 0.2) is 5.13 Å². The van der Waals surface area contributed by atoms with Crippen LogP contribution in [0.2, 0.25) is 0 Å². The third kappa shape index (κ3) is 3.82. The second kappa shape index (κ2) is 8.11. The molecular formula is C20H16N4O6S. The molecule has 3 aromatic rings. The third-order valence-corrected chi connectivity index (χ3v) is 5.59. The van der Waals surface area contributed by atoms with Gasteiger partial charge in [-0.3, -0.25) is 29.4 Å². The molecule has 0 saturated carbocycles. The van der Waals surface area contributed by atoms with E-state index in [4.69, 9.17) is 4.74 Å². The summed E-state index contributed by atoms with van der Waals surface area (Å²) in [6, 6.07) is 9.29. The Hall–Kier alpha value is -3.86. The lowest BCUT2D eigenvalue weighted by Crippen LogP contribution is -2.33. The molecule has 1 aromatic heterocycles. The Kier molecular flexibility index (Phi) is 5.34. The van der Waals surface area contributed by atoms with Gasteiger partial charge in [0.2, 0.25) is 5.91 Å². The zero-order valence-corrected chi connectivity index (χ0v) is 17.1. The summed E-state index contributed by atoms with van der Waals surface area (Å²) < 4.78 is 6.29. The van der Waals surface area contributed by atoms with Gasteiger partial charge in [-0.15, -0.1) is 0 Å². The number of anilines is 1. The monoisotopic (exact) mass is 440 g/mol. The number of nitrogens with zero attached hydrogens (tertiary/aromatic N) is 3. The number of benzene rings is 2. The van der Waals surface area contributed by atoms with Crippen LogP contribution in [0.5, 0.6) is 5.75 Å². The molecule has 11 heteroatoms. The van der Waals surface area contributed by atoms with Crippen molar-refractivity contribution in [1.29, 1.82) is 0 Å². The number of rotatable bonds is 7. The molecule has 1 aliphatic heterocycles. The summed E-state index contributed by atoms with van der Waals surface area (Å²) in [4.78, 5) is 53.0. The van der Waals surface area contributed by atoms with Gasteiger partial charge in [-0.05, 0) is 31.2 Å². The number of hydrogen-bond donors (Lipinski definition) is 1. The summed E-state index contributed by atoms with van der Waals surface area (Å²) in [6.07, 6.45) is -0.167. The fraction of sp³-hybridized carbons (Fsp3) is 0.200. The molecule has 0 atom stereocenters. The number of imide groups is 1. The Morgan fingerprint density at radius 3 is 2.81 bits per heavy atom. The largest absolute Gasteiger partial charge is 0.494 e. The number of nitrogens with one attached hydrogen (secondary N) is 1. The molecule has 0 saturated heterocycles. The van der Waals surface area contributed by atoms with Crippen LogP contribution in [0.4, 0.5) is 10.8 Å². The molecule has 10 nitrogen and oxygen atoms in total. The van der Waals surface area contributed by atoms with Crippen LogP contribution < -0.4 is 10.1 Å². The predicted octanol–water partition coefficient (Wildman–Crippen LogP) is 3.23. The Morgan fingerprint density at radius 1 is 1.26 bits per heavy atom. The van der Waals surface area contributed by atoms with E-state index in [2.05, 4.69) is 10.3 Å². The molecule has 1 aliphatic rings. The molecule has 0 bridgehead atoms. The van der Waals surface area contributed by atoms with Crippen LogP contribution in [0.1, 0.15) is 34.1 Å². The molecule has 0 unspecified atom stereocenters. The Bertz CT molecular complexity index is 1240. The number of nitro groups is 1. The Balaban J connectivity index is 1.43. The zero-order chi connectivity index (χ0) is 22.1. The van der Waals surface area contributed by atoms with E-state index in [1.807, 2.05) is 13.0 Å². The summed E-state index contributed by atoms with van der Waals surface area (Å²) in [6.45, 7) is 2.22. The molecule has 31 heavy (non-hydrogen) atoms. The molecule has 1 N–H and O–H groups in total. The number of ether oxygens (including phenoxy) is 1. The van der Waals surface area contributed by atoms with Gasteiger partial charge in [-0.25, -0.2) is 4.98 Å². The maximum absolute atomic E-state index is 12.6. The van der Waals surface area contributed by atoms with E-state index in [1.54, 1.807) is 12.1 Å². The molecule has 2 heterocycles. The first-order valence-electron chi connectivity index (χ1n) is 9.36. The van der Waals surface area contributed by atoms with Gasteiger partial charge in [0, 0.05) is 19.0 Å². The van der Waals surface area contributed by atoms with Crippen molar-refractivity contribution in [2.75, 3.05) is 18.5 Å². The Morgan fingerprint density at radius 2 is 2.06 bits per heavy atom. The number of carbonyl (C=O) groups is 3. The molecule has 4 rings (SSSR count). The van der Waals surface area contributed by atoms with Gasteiger partial charge in [0.05, 0.1) is 27.3 Å². The van der Waals surface area contributed by atoms with Crippen molar-refractivity contribution in [3.8, 4) is 5.75 Å². The summed E-state index contributed by atoms with van der Waals surface area (Å²) >= 11 is 1.27. The first-order chi connectivity index (χ1) is 14.9. The van der Waals surface area contributed by atoms with Crippen molar-refractivity contribution in [2.24, 2.45) is 0 Å². The predicted molar refractivity (Wildman–Crippen MR) is 112 cm³/mol. The quantitative estimate of drug-likeness (QED) is 0.339. The minimum Gasteiger partial charge on any atom is -0.494 e. The van der Waals surface area contributed by atoms with Gasteiger partial charge in [0.1, 0.15) is 11.3 Å². The number of hydrogen-bond acceptors (Lipinski definition) is 8. The van der Waals surface area contributed by atoms with E-state index >= 15 is 0 Å². The van der Waals surface area contributed by atoms with Gasteiger partial charge >= 0.3 is 0 Å². The number of aromatic nitrogens is 1. The van der Waals surface area contributed by atoms with E-state index < -0.39 is 28.3 Å². The summed E-state index contributed by atoms with van der Waals surface area (Å²) in [5, 5.41) is 14.2. The molecule has 2 aromatic carbocycles. The molecule has 0 radical (unpaired) electrons. The molecule has 0 spiro atoms. The maximum atomic E-state index is 12.6. The van der Waals surface area contributed by atoms with Gasteiger partial charge in [0.25, 0.3) is 17.5 Å². The van der Waals surface area contributed by atoms with Crippen LogP contribution in [0.15, 0.2) is 36.4 Å². The zero-order valence-electron chi connectivity index (χ0n) is 16.3. The highest BCUT2D eigenvalue weighted by Gasteiger charge is 2.40. The van der Waals surface area contributed by atoms with Gasteiger partial charge in [-0.1, -0.05) is 17.4 Å². The van der Waals surface area contributed by atoms with Crippen molar-refractivity contribution >= 4 is 50.1 Å². The van der Waals surface area contributed by atoms with E-state index in [9.17, 15) is 24.5 Å². The maximum Gasteiger partial charge on any atom is 0.282 e. The van der Waals surface area contributed by atoms with Gasteiger partial charge in [-0.2, -0.15) is 0 Å². The van der Waals surface area contributed by atoms with Crippen LogP contribution in [0.3, 0.4) is 0 Å². The van der Waals surface area contributed by atoms with E-state index in [1.165, 1.54) is 29.5 Å². The number of nitro benzene ring substituents is 1. The van der Waals surface area contributed by atoms with Crippen LogP contribution >= 0.6 is 11.3 Å². The molecule has 0 aliphatic carbocycles. The number of fused-ring (bicyclic) bond motifs is 2. The Labute approximate surface area is 179 Å². The van der Waals surface area contributed by atoms with Crippen LogP contribution in [0.25, 0.3) is 10.2 Å². The summed E-state index contributed by atoms with van der Waals surface area (Å²) in [5.74, 6) is -1.16. The summed E-state index contributed by atoms with van der Waals surface area (Å²) in [7, 11) is 0. The second-order valence-corrected chi connectivity index (χ2v) is 7.63. The average Bonchev–Trinajstić information content (AvgIpc) is 3.24. The van der Waals surface area contributed by atoms with Gasteiger partial charge < -0.3 is 10.1 Å². The highest BCUT2D eigenvalue weighted by atomic mass is 32.1. The lowest BCUT2D eigenvalue weighted by Gasteiger charge is -2.12. The molecule has 158 valence electrons. The standard InChI is InChI=1S/C20H16N4O6S/c1-2-30-11-6-7-13-15(10-11)31-20(21-13)22-16(25)8-9-23-18(26)12-4-3-5-14(24(28)29)17(12)19(23)27/h3-7,10H,2,8-9H2,1H3,(H,21,22,25). The second-order valence-electron chi connectivity index (χ2n) is 6.60. The first-order valence-corrected chi connectivity index (χ1v) is 10.2. The fourth-order valence-corrected chi connectivity index (χ4v) is 4.19. The minimum atomic E-state index is -0.774. The third-order valence-electron chi connectivity index (χ3n) is 4.65. The lowest BCUT2D eigenvalue weighted by atomic mass is 10.1. The number of amides is 3. The highest BCUT2D eigenvalue weighted by Crippen LogP contribution is 2.31. The lowest BCUT2D eigenvalue weighted by molar-refractivity contribution is -0.385. The van der Waals surface area contributed by atoms with Crippen molar-refractivity contribution in [2.45, 2.75) is 13.3 Å². The summed E-state index contributed by atoms with van der Waals surface area (Å²) in [5.41, 5.74) is 0.00479. The van der Waals surface area contributed by atoms with Crippen LogP contribution in [-0.4, -0.2) is 45.7 Å². The average molecular weight is 440 g/mol. The number of thiazole rings is 1. The normalized spacial score (nSPS) is 12.9. The molecular weight excluding hydrogens is 424 g/mol. The van der Waals surface area contributed by atoms with E-state index in [0.29, 0.717) is 23.0 Å². The highest BCUT2D eigenvalue weighted by molar-refractivity contribution is 7.22. The SMILES string of the molecule is CCOc1ccc2nc(NC(=O)CCN3C(=O)c4cccc([N+](=O)[O-])c4C3=O)sc2c1. The smallest absolute Gasteiger partial charge is 0.282 e. The molecule has 3 amide bonds. The van der Waals surface area contributed by atoms with Crippen molar-refractivity contribution < 1.29 is 24.0 Å². The van der Waals surface area contributed by atoms with E-state index in [0.717, 1.165) is 9.60 Å². The molecule has 0 fully saturated rings. The van der Waals surface area contributed by atoms with Crippen molar-refractivity contribution in [3.63, 3.8) is 0 Å².